The van der Waals surface area contributed by atoms with E-state index in [4.69, 9.17) is 5.26 Å². The topological polar surface area (TPSA) is 78.2 Å². The van der Waals surface area contributed by atoms with Crippen molar-refractivity contribution in [1.29, 1.82) is 5.26 Å². The highest BCUT2D eigenvalue weighted by molar-refractivity contribution is 7.99. The maximum Gasteiger partial charge on any atom is 0.232 e. The van der Waals surface area contributed by atoms with Gasteiger partial charge in [-0.2, -0.15) is 5.26 Å². The van der Waals surface area contributed by atoms with Gasteiger partial charge in [-0.1, -0.05) is 12.1 Å². The number of amides is 1. The van der Waals surface area contributed by atoms with E-state index < -0.39 is 9.84 Å². The molecule has 0 N–H and O–H groups in total. The summed E-state index contributed by atoms with van der Waals surface area (Å²) in [6, 6.07) is 9.20. The highest BCUT2D eigenvalue weighted by atomic mass is 32.2. The van der Waals surface area contributed by atoms with Crippen molar-refractivity contribution >= 4 is 27.5 Å². The zero-order valence-electron chi connectivity index (χ0n) is 13.1. The number of benzene rings is 1. The first-order valence-electron chi connectivity index (χ1n) is 7.52. The van der Waals surface area contributed by atoms with Crippen LogP contribution < -0.4 is 0 Å². The Bertz CT molecular complexity index is 693. The third-order valence-electron chi connectivity index (χ3n) is 3.89. The molecule has 1 aromatic rings. The van der Waals surface area contributed by atoms with Crippen molar-refractivity contribution in [3.63, 3.8) is 0 Å². The highest BCUT2D eigenvalue weighted by Gasteiger charge is 2.33. The lowest BCUT2D eigenvalue weighted by Gasteiger charge is -2.26. The van der Waals surface area contributed by atoms with E-state index in [-0.39, 0.29) is 23.5 Å². The number of sulfone groups is 1. The number of nitriles is 1. The summed E-state index contributed by atoms with van der Waals surface area (Å²) in [7, 11) is -2.98. The molecular formula is C16H20N2O3S2. The van der Waals surface area contributed by atoms with Gasteiger partial charge in [0.2, 0.25) is 5.91 Å². The summed E-state index contributed by atoms with van der Waals surface area (Å²) in [4.78, 5) is 14.0. The smallest absolute Gasteiger partial charge is 0.232 e. The largest absolute Gasteiger partial charge is 0.338 e. The molecule has 0 spiro atoms. The highest BCUT2D eigenvalue weighted by Crippen LogP contribution is 2.20. The number of carbonyl (C=O) groups excluding carboxylic acids is 1. The third kappa shape index (κ3) is 4.98. The number of nitrogens with zero attached hydrogens (tertiary/aromatic N) is 2. The van der Waals surface area contributed by atoms with Gasteiger partial charge in [0.25, 0.3) is 0 Å². The van der Waals surface area contributed by atoms with Crippen LogP contribution in [0.2, 0.25) is 0 Å². The van der Waals surface area contributed by atoms with Crippen LogP contribution in [0.5, 0.6) is 0 Å². The van der Waals surface area contributed by atoms with Crippen molar-refractivity contribution in [1.82, 2.24) is 4.90 Å². The Balaban J connectivity index is 1.84. The Labute approximate surface area is 141 Å². The van der Waals surface area contributed by atoms with Gasteiger partial charge in [-0.25, -0.2) is 8.42 Å². The van der Waals surface area contributed by atoms with E-state index in [0.29, 0.717) is 30.0 Å². The van der Waals surface area contributed by atoms with Crippen LogP contribution in [0.15, 0.2) is 24.3 Å². The minimum atomic E-state index is -2.98. The Hall–Kier alpha value is -1.52. The molecule has 2 rings (SSSR count). The average molecular weight is 352 g/mol. The second-order valence-electron chi connectivity index (χ2n) is 5.54. The van der Waals surface area contributed by atoms with Gasteiger partial charge in [-0.15, -0.1) is 11.8 Å². The molecule has 1 saturated heterocycles. The van der Waals surface area contributed by atoms with Crippen molar-refractivity contribution in [2.45, 2.75) is 25.1 Å². The minimum Gasteiger partial charge on any atom is -0.338 e. The molecule has 1 aliphatic heterocycles. The lowest BCUT2D eigenvalue weighted by Crippen LogP contribution is -2.41. The molecule has 124 valence electrons. The summed E-state index contributed by atoms with van der Waals surface area (Å²) in [6.07, 6.45) is 0.544. The second-order valence-corrected chi connectivity index (χ2v) is 8.75. The summed E-state index contributed by atoms with van der Waals surface area (Å²) < 4.78 is 23.1. The van der Waals surface area contributed by atoms with Crippen molar-refractivity contribution in [2.75, 3.05) is 23.8 Å². The molecule has 1 aromatic carbocycles. The maximum atomic E-state index is 12.3. The summed E-state index contributed by atoms with van der Waals surface area (Å²) in [5.41, 5.74) is 1.68. The molecule has 0 bridgehead atoms. The van der Waals surface area contributed by atoms with E-state index in [0.717, 1.165) is 5.56 Å². The van der Waals surface area contributed by atoms with E-state index in [1.807, 2.05) is 19.1 Å². The fourth-order valence-electron chi connectivity index (χ4n) is 2.67. The molecule has 23 heavy (non-hydrogen) atoms. The zero-order chi connectivity index (χ0) is 16.9. The first-order chi connectivity index (χ1) is 10.9. The van der Waals surface area contributed by atoms with E-state index in [1.165, 1.54) is 11.8 Å². The molecule has 0 radical (unpaired) electrons. The van der Waals surface area contributed by atoms with Gasteiger partial charge in [-0.05, 0) is 31.0 Å². The van der Waals surface area contributed by atoms with E-state index in [2.05, 4.69) is 6.07 Å². The molecule has 7 heteroatoms. The minimum absolute atomic E-state index is 0.00625. The molecule has 0 aromatic heterocycles. The van der Waals surface area contributed by atoms with Gasteiger partial charge >= 0.3 is 0 Å². The quantitative estimate of drug-likeness (QED) is 0.780. The lowest BCUT2D eigenvalue weighted by atomic mass is 10.2. The van der Waals surface area contributed by atoms with E-state index >= 15 is 0 Å². The zero-order valence-corrected chi connectivity index (χ0v) is 14.7. The monoisotopic (exact) mass is 352 g/mol. The van der Waals surface area contributed by atoms with Crippen molar-refractivity contribution in [3.8, 4) is 6.07 Å². The van der Waals surface area contributed by atoms with Crippen molar-refractivity contribution < 1.29 is 13.2 Å². The molecule has 5 nitrogen and oxygen atoms in total. The van der Waals surface area contributed by atoms with Crippen LogP contribution in [0.1, 0.15) is 24.5 Å². The Morgan fingerprint density at radius 3 is 2.61 bits per heavy atom. The summed E-state index contributed by atoms with van der Waals surface area (Å²) in [5.74, 6) is 1.29. The van der Waals surface area contributed by atoms with Crippen LogP contribution in [0.25, 0.3) is 0 Å². The van der Waals surface area contributed by atoms with Crippen LogP contribution in [-0.2, 0) is 20.4 Å². The lowest BCUT2D eigenvalue weighted by molar-refractivity contribution is -0.129. The van der Waals surface area contributed by atoms with Crippen LogP contribution in [-0.4, -0.2) is 49.1 Å². The Kier molecular flexibility index (Phi) is 6.08. The van der Waals surface area contributed by atoms with Gasteiger partial charge in [0.15, 0.2) is 9.84 Å². The standard InChI is InChI=1S/C16H20N2O3S2/c1-2-18(15-7-8-23(20,21)12-15)16(19)11-22-10-14-5-3-13(9-17)4-6-14/h3-6,15H,2,7-8,10-12H2,1H3. The number of thioether (sulfide) groups is 1. The van der Waals surface area contributed by atoms with Gasteiger partial charge in [0.05, 0.1) is 28.9 Å². The predicted molar refractivity (Wildman–Crippen MR) is 91.8 cm³/mol. The molecule has 1 atom stereocenters. The van der Waals surface area contributed by atoms with Crippen LogP contribution in [0, 0.1) is 11.3 Å². The normalized spacial score (nSPS) is 19.2. The number of hydrogen-bond donors (Lipinski definition) is 0. The van der Waals surface area contributed by atoms with Crippen molar-refractivity contribution in [3.05, 3.63) is 35.4 Å². The van der Waals surface area contributed by atoms with Gasteiger partial charge in [0, 0.05) is 18.3 Å². The molecule has 0 aliphatic carbocycles. The second kappa shape index (κ2) is 7.84. The van der Waals surface area contributed by atoms with Gasteiger partial charge in [-0.3, -0.25) is 4.79 Å². The predicted octanol–water partition coefficient (Wildman–Crippen LogP) is 1.83. The van der Waals surface area contributed by atoms with E-state index in [9.17, 15) is 13.2 Å². The number of carbonyl (C=O) groups is 1. The molecule has 1 heterocycles. The van der Waals surface area contributed by atoms with Crippen LogP contribution >= 0.6 is 11.8 Å². The van der Waals surface area contributed by atoms with Crippen molar-refractivity contribution in [2.24, 2.45) is 0 Å². The maximum absolute atomic E-state index is 12.3. The first-order valence-corrected chi connectivity index (χ1v) is 10.5. The molecule has 1 aliphatic rings. The van der Waals surface area contributed by atoms with Gasteiger partial charge < -0.3 is 4.90 Å². The van der Waals surface area contributed by atoms with Crippen LogP contribution in [0.4, 0.5) is 0 Å². The Morgan fingerprint density at radius 2 is 2.09 bits per heavy atom. The molecular weight excluding hydrogens is 332 g/mol. The molecule has 0 saturated carbocycles. The SMILES string of the molecule is CCN(C(=O)CSCc1ccc(C#N)cc1)C1CCS(=O)(=O)C1. The molecule has 1 amide bonds. The molecule has 1 unspecified atom stereocenters. The third-order valence-corrected chi connectivity index (χ3v) is 6.63. The fraction of sp³-hybridized carbons (Fsp3) is 0.500. The number of hydrogen-bond acceptors (Lipinski definition) is 5. The first kappa shape index (κ1) is 17.8. The Morgan fingerprint density at radius 1 is 1.39 bits per heavy atom. The van der Waals surface area contributed by atoms with Gasteiger partial charge in [0.1, 0.15) is 0 Å². The van der Waals surface area contributed by atoms with Crippen LogP contribution in [0.3, 0.4) is 0 Å². The summed E-state index contributed by atoms with van der Waals surface area (Å²) in [6.45, 7) is 2.42. The van der Waals surface area contributed by atoms with E-state index in [1.54, 1.807) is 17.0 Å². The number of rotatable bonds is 6. The average Bonchev–Trinajstić information content (AvgIpc) is 2.88. The fourth-order valence-corrected chi connectivity index (χ4v) is 5.28. The summed E-state index contributed by atoms with van der Waals surface area (Å²) in [5, 5.41) is 8.76. The summed E-state index contributed by atoms with van der Waals surface area (Å²) >= 11 is 1.51. The molecule has 1 fully saturated rings.